The van der Waals surface area contributed by atoms with Gasteiger partial charge in [0.15, 0.2) is 0 Å². The molecule has 0 aliphatic carbocycles. The van der Waals surface area contributed by atoms with E-state index >= 15 is 0 Å². The van der Waals surface area contributed by atoms with Crippen molar-refractivity contribution in [2.45, 2.75) is 18.2 Å². The fourth-order valence-electron chi connectivity index (χ4n) is 1.68. The minimum absolute atomic E-state index is 0.00852. The lowest BCUT2D eigenvalue weighted by Gasteiger charge is -2.05. The van der Waals surface area contributed by atoms with E-state index in [9.17, 15) is 8.42 Å². The molecule has 18 heavy (non-hydrogen) atoms. The van der Waals surface area contributed by atoms with Crippen molar-refractivity contribution in [2.24, 2.45) is 0 Å². The molecule has 0 aliphatic rings. The monoisotopic (exact) mass is 265 g/mol. The first-order valence-corrected chi connectivity index (χ1v) is 7.08. The highest BCUT2D eigenvalue weighted by Gasteiger charge is 2.16. The van der Waals surface area contributed by atoms with E-state index in [1.54, 1.807) is 30.3 Å². The van der Waals surface area contributed by atoms with Crippen LogP contribution in [0.3, 0.4) is 0 Å². The van der Waals surface area contributed by atoms with Gasteiger partial charge in [-0.1, -0.05) is 17.7 Å². The van der Waals surface area contributed by atoms with Crippen molar-refractivity contribution >= 4 is 10.0 Å². The third-order valence-electron chi connectivity index (χ3n) is 2.73. The molecular formula is C13H15NO3S. The van der Waals surface area contributed by atoms with Crippen LogP contribution >= 0.6 is 0 Å². The number of benzene rings is 1. The van der Waals surface area contributed by atoms with E-state index in [4.69, 9.17) is 5.11 Å². The van der Waals surface area contributed by atoms with Crippen LogP contribution < -0.4 is 0 Å². The summed E-state index contributed by atoms with van der Waals surface area (Å²) in [6.07, 6.45) is 3.49. The Bertz CT molecular complexity index is 627. The predicted octanol–water partition coefficient (Wildman–Crippen LogP) is 1.57. The normalized spacial score (nSPS) is 11.7. The first kappa shape index (κ1) is 12.9. The zero-order valence-electron chi connectivity index (χ0n) is 10.1. The Morgan fingerprint density at radius 3 is 2.44 bits per heavy atom. The third kappa shape index (κ3) is 2.47. The Balaban J connectivity index is 2.38. The SMILES string of the molecule is Cc1ccc(S(=O)(=O)n2ccc(CCO)c2)cc1. The van der Waals surface area contributed by atoms with E-state index in [0.29, 0.717) is 6.42 Å². The summed E-state index contributed by atoms with van der Waals surface area (Å²) >= 11 is 0. The Morgan fingerprint density at radius 2 is 1.83 bits per heavy atom. The Hall–Kier alpha value is -1.59. The largest absolute Gasteiger partial charge is 0.396 e. The first-order chi connectivity index (χ1) is 8.54. The minimum Gasteiger partial charge on any atom is -0.396 e. The van der Waals surface area contributed by atoms with Gasteiger partial charge in [-0.3, -0.25) is 0 Å². The molecule has 0 spiro atoms. The van der Waals surface area contributed by atoms with Gasteiger partial charge in [0.1, 0.15) is 0 Å². The molecule has 1 N–H and O–H groups in total. The van der Waals surface area contributed by atoms with Gasteiger partial charge in [0.25, 0.3) is 10.0 Å². The first-order valence-electron chi connectivity index (χ1n) is 5.64. The van der Waals surface area contributed by atoms with Crippen LogP contribution in [-0.2, 0) is 16.4 Å². The molecule has 1 heterocycles. The van der Waals surface area contributed by atoms with Crippen LogP contribution in [0.15, 0.2) is 47.6 Å². The topological polar surface area (TPSA) is 59.3 Å². The second-order valence-electron chi connectivity index (χ2n) is 4.14. The average molecular weight is 265 g/mol. The minimum atomic E-state index is -3.52. The Labute approximate surface area is 107 Å². The number of hydrogen-bond donors (Lipinski definition) is 1. The molecule has 4 nitrogen and oxygen atoms in total. The van der Waals surface area contributed by atoms with Crippen LogP contribution in [0.2, 0.25) is 0 Å². The summed E-state index contributed by atoms with van der Waals surface area (Å²) < 4.78 is 25.7. The molecule has 0 amide bonds. The summed E-state index contributed by atoms with van der Waals surface area (Å²) in [6, 6.07) is 8.42. The van der Waals surface area contributed by atoms with Gasteiger partial charge in [0.05, 0.1) is 4.90 Å². The summed E-state index contributed by atoms with van der Waals surface area (Å²) in [7, 11) is -3.52. The number of aliphatic hydroxyl groups excluding tert-OH is 1. The van der Waals surface area contributed by atoms with Crippen molar-refractivity contribution < 1.29 is 13.5 Å². The van der Waals surface area contributed by atoms with Crippen LogP contribution in [0, 0.1) is 6.92 Å². The average Bonchev–Trinajstić information content (AvgIpc) is 2.79. The van der Waals surface area contributed by atoms with Crippen LogP contribution in [0.5, 0.6) is 0 Å². The van der Waals surface area contributed by atoms with Crippen molar-refractivity contribution in [1.82, 2.24) is 3.97 Å². The molecule has 96 valence electrons. The van der Waals surface area contributed by atoms with Crippen molar-refractivity contribution in [3.8, 4) is 0 Å². The quantitative estimate of drug-likeness (QED) is 0.912. The van der Waals surface area contributed by atoms with Gasteiger partial charge in [-0.15, -0.1) is 0 Å². The zero-order valence-corrected chi connectivity index (χ0v) is 10.9. The molecule has 0 bridgehead atoms. The van der Waals surface area contributed by atoms with Gasteiger partial charge >= 0.3 is 0 Å². The lowest BCUT2D eigenvalue weighted by Crippen LogP contribution is -2.10. The van der Waals surface area contributed by atoms with E-state index in [1.807, 2.05) is 6.92 Å². The smallest absolute Gasteiger partial charge is 0.267 e. The molecule has 0 radical (unpaired) electrons. The molecule has 1 aromatic heterocycles. The number of nitrogens with zero attached hydrogens (tertiary/aromatic N) is 1. The van der Waals surface area contributed by atoms with Crippen LogP contribution in [-0.4, -0.2) is 24.1 Å². The summed E-state index contributed by atoms with van der Waals surface area (Å²) in [5.74, 6) is 0. The molecule has 1 aromatic carbocycles. The molecule has 0 aliphatic heterocycles. The summed E-state index contributed by atoms with van der Waals surface area (Å²) in [6.45, 7) is 1.92. The van der Waals surface area contributed by atoms with E-state index in [2.05, 4.69) is 0 Å². The molecule has 2 aromatic rings. The van der Waals surface area contributed by atoms with Crippen molar-refractivity contribution in [2.75, 3.05) is 6.61 Å². The number of aliphatic hydroxyl groups is 1. The second-order valence-corrected chi connectivity index (χ2v) is 5.98. The third-order valence-corrected chi connectivity index (χ3v) is 4.38. The second kappa shape index (κ2) is 4.96. The highest BCUT2D eigenvalue weighted by atomic mass is 32.2. The molecule has 0 saturated carbocycles. The summed E-state index contributed by atoms with van der Waals surface area (Å²) in [4.78, 5) is 0.263. The van der Waals surface area contributed by atoms with Gasteiger partial charge in [0.2, 0.25) is 0 Å². The van der Waals surface area contributed by atoms with Gasteiger partial charge in [-0.25, -0.2) is 12.4 Å². The maximum Gasteiger partial charge on any atom is 0.267 e. The summed E-state index contributed by atoms with van der Waals surface area (Å²) in [5, 5.41) is 8.82. The highest BCUT2D eigenvalue weighted by molar-refractivity contribution is 7.90. The molecular weight excluding hydrogens is 250 g/mol. The van der Waals surface area contributed by atoms with Crippen LogP contribution in [0.4, 0.5) is 0 Å². The molecule has 0 unspecified atom stereocenters. The lowest BCUT2D eigenvalue weighted by molar-refractivity contribution is 0.299. The van der Waals surface area contributed by atoms with Crippen LogP contribution in [0.25, 0.3) is 0 Å². The molecule has 5 heteroatoms. The van der Waals surface area contributed by atoms with E-state index in [0.717, 1.165) is 11.1 Å². The number of rotatable bonds is 4. The molecule has 0 fully saturated rings. The zero-order chi connectivity index (χ0) is 13.2. The summed E-state index contributed by atoms with van der Waals surface area (Å²) in [5.41, 5.74) is 1.82. The van der Waals surface area contributed by atoms with Gasteiger partial charge in [0, 0.05) is 19.0 Å². The van der Waals surface area contributed by atoms with Crippen molar-refractivity contribution in [3.05, 3.63) is 53.9 Å². The number of aryl methyl sites for hydroxylation is 1. The highest BCUT2D eigenvalue weighted by Crippen LogP contribution is 2.16. The predicted molar refractivity (Wildman–Crippen MR) is 69.0 cm³/mol. The maximum atomic E-state index is 12.3. The van der Waals surface area contributed by atoms with Gasteiger partial charge in [-0.05, 0) is 37.1 Å². The van der Waals surface area contributed by atoms with Crippen molar-refractivity contribution in [3.63, 3.8) is 0 Å². The molecule has 0 atom stereocenters. The molecule has 2 rings (SSSR count). The lowest BCUT2D eigenvalue weighted by atomic mass is 10.2. The van der Waals surface area contributed by atoms with Gasteiger partial charge < -0.3 is 5.11 Å². The Kier molecular flexibility index (Phi) is 3.54. The van der Waals surface area contributed by atoms with Crippen LogP contribution in [0.1, 0.15) is 11.1 Å². The fourth-order valence-corrected chi connectivity index (χ4v) is 2.90. The van der Waals surface area contributed by atoms with Gasteiger partial charge in [-0.2, -0.15) is 0 Å². The standard InChI is InChI=1S/C13H15NO3S/c1-11-2-4-13(5-3-11)18(16,17)14-8-6-12(10-14)7-9-15/h2-6,8,10,15H,7,9H2,1H3. The number of aromatic nitrogens is 1. The van der Waals surface area contributed by atoms with E-state index in [-0.39, 0.29) is 11.5 Å². The fraction of sp³-hybridized carbons (Fsp3) is 0.231. The molecule has 0 saturated heterocycles. The van der Waals surface area contributed by atoms with E-state index in [1.165, 1.54) is 16.4 Å². The Morgan fingerprint density at radius 1 is 1.17 bits per heavy atom. The van der Waals surface area contributed by atoms with E-state index < -0.39 is 10.0 Å². The number of hydrogen-bond acceptors (Lipinski definition) is 3. The van der Waals surface area contributed by atoms with Crippen molar-refractivity contribution in [1.29, 1.82) is 0 Å². The maximum absolute atomic E-state index is 12.3.